The minimum Gasteiger partial charge on any atom is -0.323 e. The zero-order valence-corrected chi connectivity index (χ0v) is 13.3. The van der Waals surface area contributed by atoms with Gasteiger partial charge >= 0.3 is 0 Å². The molecule has 0 bridgehead atoms. The van der Waals surface area contributed by atoms with Crippen LogP contribution in [-0.2, 0) is 4.79 Å². The maximum atomic E-state index is 12.3. The van der Waals surface area contributed by atoms with E-state index in [-0.39, 0.29) is 11.8 Å². The monoisotopic (exact) mass is 302 g/mol. The topological polar surface area (TPSA) is 66.9 Å². The second-order valence-electron chi connectivity index (χ2n) is 6.85. The number of nitrogens with one attached hydrogen (secondary N) is 2. The van der Waals surface area contributed by atoms with Crippen molar-refractivity contribution in [2.75, 3.05) is 18.4 Å². The van der Waals surface area contributed by atoms with Crippen molar-refractivity contribution >= 4 is 11.6 Å². The maximum absolute atomic E-state index is 12.3. The third-order valence-electron chi connectivity index (χ3n) is 4.85. The fourth-order valence-electron chi connectivity index (χ4n) is 3.57. The molecule has 5 nitrogen and oxygen atoms in total. The lowest BCUT2D eigenvalue weighted by molar-refractivity contribution is -0.120. The minimum absolute atomic E-state index is 0.0433. The van der Waals surface area contributed by atoms with Crippen LogP contribution >= 0.6 is 0 Å². The highest BCUT2D eigenvalue weighted by molar-refractivity contribution is 5.92. The normalized spacial score (nSPS) is 26.6. The van der Waals surface area contributed by atoms with Gasteiger partial charge in [-0.15, -0.1) is 0 Å². The second kappa shape index (κ2) is 7.18. The highest BCUT2D eigenvalue weighted by Gasteiger charge is 2.25. The number of carbonyl (C=O) groups excluding carboxylic acids is 1. The fraction of sp³-hybridized carbons (Fsp3) is 0.706. The molecule has 1 amide bonds. The minimum atomic E-state index is 0.0433. The molecule has 2 N–H and O–H groups in total. The van der Waals surface area contributed by atoms with Gasteiger partial charge in [0.05, 0.1) is 24.0 Å². The number of hydrogen-bond donors (Lipinski definition) is 2. The van der Waals surface area contributed by atoms with Crippen LogP contribution in [-0.4, -0.2) is 29.0 Å². The Morgan fingerprint density at radius 3 is 2.59 bits per heavy atom. The summed E-state index contributed by atoms with van der Waals surface area (Å²) in [4.78, 5) is 21.2. The van der Waals surface area contributed by atoms with Gasteiger partial charge in [0, 0.05) is 12.5 Å². The highest BCUT2D eigenvalue weighted by atomic mass is 16.1. The highest BCUT2D eigenvalue weighted by Crippen LogP contribution is 2.30. The third kappa shape index (κ3) is 3.83. The lowest BCUT2D eigenvalue weighted by atomic mass is 9.89. The number of aromatic nitrogens is 2. The van der Waals surface area contributed by atoms with E-state index in [0.717, 1.165) is 25.3 Å². The van der Waals surface area contributed by atoms with Crippen molar-refractivity contribution in [1.29, 1.82) is 0 Å². The van der Waals surface area contributed by atoms with Crippen LogP contribution < -0.4 is 10.6 Å². The molecule has 1 saturated heterocycles. The number of amides is 1. The Morgan fingerprint density at radius 2 is 1.91 bits per heavy atom. The van der Waals surface area contributed by atoms with Gasteiger partial charge < -0.3 is 10.6 Å². The summed E-state index contributed by atoms with van der Waals surface area (Å²) in [6.07, 6.45) is 10.7. The van der Waals surface area contributed by atoms with Crippen molar-refractivity contribution in [2.45, 2.75) is 51.4 Å². The molecule has 1 aromatic rings. The van der Waals surface area contributed by atoms with E-state index >= 15 is 0 Å². The summed E-state index contributed by atoms with van der Waals surface area (Å²) in [5.74, 6) is 2.11. The SMILES string of the molecule is CC1CNCC(C(=O)Nc2cnc(C3CCCCC3)nc2)C1. The number of hydrogen-bond acceptors (Lipinski definition) is 4. The molecule has 1 saturated carbocycles. The van der Waals surface area contributed by atoms with E-state index in [1.807, 2.05) is 0 Å². The second-order valence-corrected chi connectivity index (χ2v) is 6.85. The van der Waals surface area contributed by atoms with Crippen molar-refractivity contribution in [2.24, 2.45) is 11.8 Å². The van der Waals surface area contributed by atoms with Gasteiger partial charge in [0.1, 0.15) is 5.82 Å². The quantitative estimate of drug-likeness (QED) is 0.901. The molecular weight excluding hydrogens is 276 g/mol. The van der Waals surface area contributed by atoms with Crippen molar-refractivity contribution in [3.8, 4) is 0 Å². The number of anilines is 1. The summed E-state index contributed by atoms with van der Waals surface area (Å²) in [5, 5.41) is 6.27. The molecular formula is C17H26N4O. The number of carbonyl (C=O) groups is 1. The van der Waals surface area contributed by atoms with Gasteiger partial charge in [-0.3, -0.25) is 4.79 Å². The molecule has 120 valence electrons. The summed E-state index contributed by atoms with van der Waals surface area (Å²) in [6, 6.07) is 0. The van der Waals surface area contributed by atoms with Crippen LogP contribution in [0, 0.1) is 11.8 Å². The zero-order chi connectivity index (χ0) is 15.4. The Labute approximate surface area is 132 Å². The molecule has 3 rings (SSSR count). The van der Waals surface area contributed by atoms with Gasteiger partial charge in [0.15, 0.2) is 0 Å². The van der Waals surface area contributed by atoms with Gasteiger partial charge in [-0.05, 0) is 31.7 Å². The van der Waals surface area contributed by atoms with Crippen LogP contribution in [0.3, 0.4) is 0 Å². The van der Waals surface area contributed by atoms with Gasteiger partial charge in [-0.2, -0.15) is 0 Å². The predicted molar refractivity (Wildman–Crippen MR) is 86.6 cm³/mol. The first-order valence-corrected chi connectivity index (χ1v) is 8.56. The molecule has 22 heavy (non-hydrogen) atoms. The lowest BCUT2D eigenvalue weighted by Gasteiger charge is -2.26. The average molecular weight is 302 g/mol. The molecule has 0 radical (unpaired) electrons. The largest absolute Gasteiger partial charge is 0.323 e. The van der Waals surface area contributed by atoms with Crippen LogP contribution in [0.4, 0.5) is 5.69 Å². The lowest BCUT2D eigenvalue weighted by Crippen LogP contribution is -2.40. The molecule has 5 heteroatoms. The Morgan fingerprint density at radius 1 is 1.18 bits per heavy atom. The number of piperidine rings is 1. The Kier molecular flexibility index (Phi) is 5.03. The van der Waals surface area contributed by atoms with Crippen molar-refractivity contribution in [1.82, 2.24) is 15.3 Å². The smallest absolute Gasteiger partial charge is 0.228 e. The van der Waals surface area contributed by atoms with Gasteiger partial charge in [0.25, 0.3) is 0 Å². The van der Waals surface area contributed by atoms with Gasteiger partial charge in [0.2, 0.25) is 5.91 Å². The van der Waals surface area contributed by atoms with E-state index in [0.29, 0.717) is 17.5 Å². The summed E-state index contributed by atoms with van der Waals surface area (Å²) in [5.41, 5.74) is 0.711. The summed E-state index contributed by atoms with van der Waals surface area (Å²) in [6.45, 7) is 3.94. The van der Waals surface area contributed by atoms with Gasteiger partial charge in [-0.1, -0.05) is 26.2 Å². The Balaban J connectivity index is 1.57. The van der Waals surface area contributed by atoms with E-state index < -0.39 is 0 Å². The number of rotatable bonds is 3. The average Bonchev–Trinajstić information content (AvgIpc) is 2.56. The molecule has 1 aromatic heterocycles. The first-order valence-electron chi connectivity index (χ1n) is 8.56. The van der Waals surface area contributed by atoms with Gasteiger partial charge in [-0.25, -0.2) is 9.97 Å². The van der Waals surface area contributed by atoms with Crippen LogP contribution in [0.25, 0.3) is 0 Å². The Bertz CT molecular complexity index is 496. The van der Waals surface area contributed by atoms with Crippen LogP contribution in [0.15, 0.2) is 12.4 Å². The summed E-state index contributed by atoms with van der Waals surface area (Å²) >= 11 is 0. The molecule has 2 heterocycles. The maximum Gasteiger partial charge on any atom is 0.228 e. The number of nitrogens with zero attached hydrogens (tertiary/aromatic N) is 2. The first kappa shape index (κ1) is 15.4. The molecule has 0 spiro atoms. The molecule has 2 atom stereocenters. The van der Waals surface area contributed by atoms with Crippen LogP contribution in [0.1, 0.15) is 57.2 Å². The van der Waals surface area contributed by atoms with E-state index in [2.05, 4.69) is 27.5 Å². The summed E-state index contributed by atoms with van der Waals surface area (Å²) in [7, 11) is 0. The molecule has 0 aromatic carbocycles. The van der Waals surface area contributed by atoms with Crippen molar-refractivity contribution in [3.05, 3.63) is 18.2 Å². The zero-order valence-electron chi connectivity index (χ0n) is 13.3. The van der Waals surface area contributed by atoms with Crippen molar-refractivity contribution < 1.29 is 4.79 Å². The van der Waals surface area contributed by atoms with Crippen LogP contribution in [0.2, 0.25) is 0 Å². The first-order chi connectivity index (χ1) is 10.7. The van der Waals surface area contributed by atoms with E-state index in [4.69, 9.17) is 0 Å². The predicted octanol–water partition coefficient (Wildman–Crippen LogP) is 2.71. The van der Waals surface area contributed by atoms with E-state index in [1.54, 1.807) is 12.4 Å². The molecule has 2 unspecified atom stereocenters. The molecule has 1 aliphatic carbocycles. The molecule has 2 fully saturated rings. The molecule has 2 aliphatic rings. The Hall–Kier alpha value is -1.49. The van der Waals surface area contributed by atoms with Crippen molar-refractivity contribution in [3.63, 3.8) is 0 Å². The van der Waals surface area contributed by atoms with E-state index in [1.165, 1.54) is 32.1 Å². The molecule has 1 aliphatic heterocycles. The standard InChI is InChI=1S/C17H26N4O/c1-12-7-14(9-18-8-12)17(22)21-15-10-19-16(20-11-15)13-5-3-2-4-6-13/h10-14,18H,2-9H2,1H3,(H,21,22). The van der Waals surface area contributed by atoms with Crippen LogP contribution in [0.5, 0.6) is 0 Å². The fourth-order valence-corrected chi connectivity index (χ4v) is 3.57. The summed E-state index contributed by atoms with van der Waals surface area (Å²) < 4.78 is 0. The van der Waals surface area contributed by atoms with E-state index in [9.17, 15) is 4.79 Å². The third-order valence-corrected chi connectivity index (χ3v) is 4.85.